The predicted octanol–water partition coefficient (Wildman–Crippen LogP) is 0.0495. The van der Waals surface area contributed by atoms with Crippen LogP contribution in [0.4, 0.5) is 0 Å². The minimum Gasteiger partial charge on any atom is -0.412 e. The molecule has 5 heteroatoms. The lowest BCUT2D eigenvalue weighted by molar-refractivity contribution is -0.106. The average Bonchev–Trinajstić information content (AvgIpc) is 2.21. The lowest BCUT2D eigenvalue weighted by Gasteiger charge is -2.29. The predicted molar refractivity (Wildman–Crippen MR) is 62.4 cm³/mol. The number of carbonyl (C=O) groups is 1. The van der Waals surface area contributed by atoms with Crippen LogP contribution in [0, 0.1) is 5.41 Å². The van der Waals surface area contributed by atoms with E-state index in [4.69, 9.17) is 10.2 Å². The Labute approximate surface area is 91.7 Å². The molecule has 0 atom stereocenters. The van der Waals surface area contributed by atoms with Crippen LogP contribution in [0.15, 0.2) is 0 Å². The fourth-order valence-electron chi connectivity index (χ4n) is 1.33. The van der Waals surface area contributed by atoms with Crippen LogP contribution >= 0.6 is 0 Å². The molecule has 0 aromatic carbocycles. The van der Waals surface area contributed by atoms with Crippen molar-refractivity contribution >= 4 is 12.1 Å². The van der Waals surface area contributed by atoms with E-state index in [9.17, 15) is 0 Å². The molecule has 4 N–H and O–H groups in total. The van der Waals surface area contributed by atoms with Gasteiger partial charge < -0.3 is 20.5 Å². The topological polar surface area (TPSA) is 87.7 Å². The Bertz CT molecular complexity index is 168. The normalized spacial score (nSPS) is 14.4. The molecule has 15 heavy (non-hydrogen) atoms. The van der Waals surface area contributed by atoms with E-state index >= 15 is 0 Å². The molecule has 0 radical (unpaired) electrons. The zero-order valence-electron chi connectivity index (χ0n) is 9.68. The number of nitrogens with zero attached hydrogens (tertiary/aromatic N) is 1. The Morgan fingerprint density at radius 1 is 1.47 bits per heavy atom. The van der Waals surface area contributed by atoms with Crippen molar-refractivity contribution < 1.29 is 10.3 Å². The third kappa shape index (κ3) is 8.08. The number of hydrogen-bond acceptors (Lipinski definition) is 3. The van der Waals surface area contributed by atoms with E-state index in [1.165, 1.54) is 6.92 Å². The third-order valence-electron chi connectivity index (χ3n) is 1.99. The molecule has 0 aromatic heterocycles. The van der Waals surface area contributed by atoms with Crippen LogP contribution in [0.25, 0.3) is 0 Å². The van der Waals surface area contributed by atoms with Crippen LogP contribution in [-0.4, -0.2) is 48.7 Å². The van der Waals surface area contributed by atoms with Gasteiger partial charge in [-0.3, -0.25) is 5.41 Å². The first kappa shape index (κ1) is 16.5. The largest absolute Gasteiger partial charge is 0.412 e. The number of carbonyl (C=O) groups excluding carboxylic acids is 1. The summed E-state index contributed by atoms with van der Waals surface area (Å²) in [4.78, 5) is 11.0. The molecule has 5 nitrogen and oxygen atoms in total. The lowest BCUT2D eigenvalue weighted by Crippen LogP contribution is -2.46. The molecule has 1 heterocycles. The van der Waals surface area contributed by atoms with Gasteiger partial charge in [-0.1, -0.05) is 6.92 Å². The molecule has 1 saturated heterocycles. The van der Waals surface area contributed by atoms with Gasteiger partial charge >= 0.3 is 0 Å². The summed E-state index contributed by atoms with van der Waals surface area (Å²) in [5.41, 5.74) is 0. The SMILES string of the molecule is CC=O.CCCC(=N)N1CCNCC1.O. The van der Waals surface area contributed by atoms with Crippen LogP contribution in [0.1, 0.15) is 26.7 Å². The summed E-state index contributed by atoms with van der Waals surface area (Å²) < 4.78 is 0. The molecule has 0 aromatic rings. The summed E-state index contributed by atoms with van der Waals surface area (Å²) >= 11 is 0. The van der Waals surface area contributed by atoms with Crippen molar-refractivity contribution in [3.05, 3.63) is 0 Å². The molecular weight excluding hydrogens is 194 g/mol. The number of nitrogens with one attached hydrogen (secondary N) is 2. The molecule has 0 spiro atoms. The second-order valence-electron chi connectivity index (χ2n) is 3.17. The number of piperazine rings is 1. The van der Waals surface area contributed by atoms with Crippen molar-refractivity contribution in [2.45, 2.75) is 26.7 Å². The van der Waals surface area contributed by atoms with Crippen molar-refractivity contribution in [2.24, 2.45) is 0 Å². The Morgan fingerprint density at radius 2 is 1.93 bits per heavy atom. The average molecular weight is 217 g/mol. The first-order valence-corrected chi connectivity index (χ1v) is 5.19. The van der Waals surface area contributed by atoms with Crippen LogP contribution < -0.4 is 5.32 Å². The zero-order valence-corrected chi connectivity index (χ0v) is 9.68. The van der Waals surface area contributed by atoms with Gasteiger partial charge in [-0.2, -0.15) is 0 Å². The molecule has 90 valence electrons. The Hall–Kier alpha value is -0.940. The molecular formula is C10H23N3O2. The minimum atomic E-state index is 0. The van der Waals surface area contributed by atoms with Gasteiger partial charge in [0.1, 0.15) is 6.29 Å². The third-order valence-corrected chi connectivity index (χ3v) is 1.99. The van der Waals surface area contributed by atoms with E-state index in [0.717, 1.165) is 51.1 Å². The van der Waals surface area contributed by atoms with Gasteiger partial charge in [0.25, 0.3) is 0 Å². The molecule has 0 aliphatic carbocycles. The van der Waals surface area contributed by atoms with Gasteiger partial charge in [-0.15, -0.1) is 0 Å². The molecule has 0 bridgehead atoms. The van der Waals surface area contributed by atoms with Crippen molar-refractivity contribution in [1.82, 2.24) is 10.2 Å². The Kier molecular flexibility index (Phi) is 12.2. The van der Waals surface area contributed by atoms with Crippen LogP contribution in [0.2, 0.25) is 0 Å². The fraction of sp³-hybridized carbons (Fsp3) is 0.800. The van der Waals surface area contributed by atoms with Gasteiger partial charge in [0.2, 0.25) is 0 Å². The highest BCUT2D eigenvalue weighted by Gasteiger charge is 2.11. The van der Waals surface area contributed by atoms with E-state index in [0.29, 0.717) is 0 Å². The summed E-state index contributed by atoms with van der Waals surface area (Å²) in [5.74, 6) is 0.814. The molecule has 1 rings (SSSR count). The van der Waals surface area contributed by atoms with Gasteiger partial charge in [-0.05, 0) is 13.3 Å². The maximum absolute atomic E-state index is 8.81. The number of hydrogen-bond donors (Lipinski definition) is 2. The highest BCUT2D eigenvalue weighted by molar-refractivity contribution is 5.79. The smallest absolute Gasteiger partial charge is 0.116 e. The Morgan fingerprint density at radius 3 is 2.33 bits per heavy atom. The van der Waals surface area contributed by atoms with Gasteiger partial charge in [-0.25, -0.2) is 0 Å². The highest BCUT2D eigenvalue weighted by Crippen LogP contribution is 1.99. The highest BCUT2D eigenvalue weighted by atomic mass is 16.1. The molecule has 1 aliphatic heterocycles. The minimum absolute atomic E-state index is 0. The van der Waals surface area contributed by atoms with Crippen molar-refractivity contribution in [3.63, 3.8) is 0 Å². The van der Waals surface area contributed by atoms with Gasteiger partial charge in [0.15, 0.2) is 0 Å². The quantitative estimate of drug-likeness (QED) is 0.389. The standard InChI is InChI=1S/C8H17N3.C2H4O.H2O/c1-2-3-8(9)11-6-4-10-5-7-11;1-2-3;/h9-10H,2-7H2,1H3;2H,1H3;1H2. The summed E-state index contributed by atoms with van der Waals surface area (Å²) in [6.45, 7) is 7.66. The van der Waals surface area contributed by atoms with E-state index in [2.05, 4.69) is 17.1 Å². The zero-order chi connectivity index (χ0) is 10.8. The first-order chi connectivity index (χ1) is 6.76. The van der Waals surface area contributed by atoms with Gasteiger partial charge in [0.05, 0.1) is 5.84 Å². The van der Waals surface area contributed by atoms with Crippen LogP contribution in [-0.2, 0) is 4.79 Å². The Balaban J connectivity index is 0. The van der Waals surface area contributed by atoms with E-state index in [-0.39, 0.29) is 5.48 Å². The number of rotatable bonds is 2. The summed E-state index contributed by atoms with van der Waals surface area (Å²) in [6, 6.07) is 0. The second-order valence-corrected chi connectivity index (χ2v) is 3.17. The van der Waals surface area contributed by atoms with E-state index in [1.54, 1.807) is 0 Å². The molecule has 1 aliphatic rings. The van der Waals surface area contributed by atoms with Crippen molar-refractivity contribution in [3.8, 4) is 0 Å². The number of amidine groups is 1. The van der Waals surface area contributed by atoms with Gasteiger partial charge in [0, 0.05) is 32.6 Å². The first-order valence-electron chi connectivity index (χ1n) is 5.19. The molecule has 0 amide bonds. The fourth-order valence-corrected chi connectivity index (χ4v) is 1.33. The summed E-state index contributed by atoms with van der Waals surface area (Å²) in [5, 5.41) is 11.0. The number of aldehydes is 1. The van der Waals surface area contributed by atoms with Crippen molar-refractivity contribution in [1.29, 1.82) is 5.41 Å². The maximum Gasteiger partial charge on any atom is 0.116 e. The molecule has 0 saturated carbocycles. The monoisotopic (exact) mass is 217 g/mol. The molecule has 1 fully saturated rings. The van der Waals surface area contributed by atoms with Crippen molar-refractivity contribution in [2.75, 3.05) is 26.2 Å². The molecule has 0 unspecified atom stereocenters. The summed E-state index contributed by atoms with van der Waals surface area (Å²) in [6.07, 6.45) is 2.77. The van der Waals surface area contributed by atoms with Crippen LogP contribution in [0.3, 0.4) is 0 Å². The summed E-state index contributed by atoms with van der Waals surface area (Å²) in [7, 11) is 0. The van der Waals surface area contributed by atoms with E-state index < -0.39 is 0 Å². The lowest BCUT2D eigenvalue weighted by atomic mass is 10.2. The maximum atomic E-state index is 8.81. The second kappa shape index (κ2) is 11.1. The van der Waals surface area contributed by atoms with Crippen LogP contribution in [0.5, 0.6) is 0 Å². The van der Waals surface area contributed by atoms with E-state index in [1.807, 2.05) is 0 Å².